The van der Waals surface area contributed by atoms with Crippen molar-refractivity contribution in [1.29, 1.82) is 0 Å². The molecule has 1 amide bonds. The molecule has 0 unspecified atom stereocenters. The molecule has 28 heavy (non-hydrogen) atoms. The number of hydrogen-bond acceptors (Lipinski definition) is 3. The van der Waals surface area contributed by atoms with Crippen molar-refractivity contribution >= 4 is 22.8 Å². The molecule has 1 aliphatic carbocycles. The molecule has 2 heterocycles. The van der Waals surface area contributed by atoms with Gasteiger partial charge in [0.25, 0.3) is 0 Å². The quantitative estimate of drug-likeness (QED) is 0.578. The number of nitrogens with zero attached hydrogens (tertiary/aromatic N) is 4. The summed E-state index contributed by atoms with van der Waals surface area (Å²) in [6.07, 6.45) is 1.93. The molecule has 5 rings (SSSR count). The highest BCUT2D eigenvalue weighted by atomic mass is 16.2. The Balaban J connectivity index is 1.63. The summed E-state index contributed by atoms with van der Waals surface area (Å²) in [6.45, 7) is 2.60. The summed E-state index contributed by atoms with van der Waals surface area (Å²) in [5.41, 5.74) is 3.96. The average Bonchev–Trinajstić information content (AvgIpc) is 3.42. The van der Waals surface area contributed by atoms with Crippen LogP contribution in [0.1, 0.15) is 24.1 Å². The van der Waals surface area contributed by atoms with E-state index in [4.69, 9.17) is 4.98 Å². The van der Waals surface area contributed by atoms with Gasteiger partial charge in [0.1, 0.15) is 5.82 Å². The zero-order chi connectivity index (χ0) is 19.1. The lowest BCUT2D eigenvalue weighted by atomic mass is 10.2. The van der Waals surface area contributed by atoms with Gasteiger partial charge >= 0.3 is 0 Å². The maximum atomic E-state index is 12.3. The maximum absolute atomic E-state index is 12.3. The summed E-state index contributed by atoms with van der Waals surface area (Å²) in [4.78, 5) is 17.2. The number of carbonyl (C=O) groups excluding carboxylic acids is 1. The fourth-order valence-corrected chi connectivity index (χ4v) is 3.46. The van der Waals surface area contributed by atoms with E-state index < -0.39 is 0 Å². The van der Waals surface area contributed by atoms with Crippen LogP contribution in [0.5, 0.6) is 0 Å². The normalized spacial score (nSPS) is 13.8. The lowest BCUT2D eigenvalue weighted by molar-refractivity contribution is -0.117. The van der Waals surface area contributed by atoms with E-state index in [0.29, 0.717) is 18.3 Å². The number of imidazole rings is 1. The Morgan fingerprint density at radius 2 is 1.86 bits per heavy atom. The Morgan fingerprint density at radius 1 is 1.11 bits per heavy atom. The Hall–Kier alpha value is -3.41. The van der Waals surface area contributed by atoms with Crippen molar-refractivity contribution in [2.75, 3.05) is 5.32 Å². The highest BCUT2D eigenvalue weighted by Gasteiger charge is 2.30. The lowest BCUT2D eigenvalue weighted by Gasteiger charge is -2.12. The standard InChI is InChI=1S/C22H21N5O/c1-15-13-20(24-21(28)17-11-12-17)27(25-15)22-23-18-9-5-6-10-19(18)26(22)14-16-7-3-2-4-8-16/h2-10,13,17H,11-12,14H2,1H3,(H,24,28). The highest BCUT2D eigenvalue weighted by molar-refractivity contribution is 5.93. The Morgan fingerprint density at radius 3 is 2.64 bits per heavy atom. The number of para-hydroxylation sites is 2. The topological polar surface area (TPSA) is 64.7 Å². The summed E-state index contributed by atoms with van der Waals surface area (Å²) < 4.78 is 3.89. The van der Waals surface area contributed by atoms with Gasteiger partial charge in [-0.15, -0.1) is 0 Å². The van der Waals surface area contributed by atoms with Gasteiger partial charge < -0.3 is 9.88 Å². The molecule has 0 atom stereocenters. The molecule has 1 fully saturated rings. The van der Waals surface area contributed by atoms with Crippen LogP contribution in [0.4, 0.5) is 5.82 Å². The van der Waals surface area contributed by atoms with E-state index in [-0.39, 0.29) is 11.8 Å². The van der Waals surface area contributed by atoms with Gasteiger partial charge in [-0.1, -0.05) is 42.5 Å². The van der Waals surface area contributed by atoms with Gasteiger partial charge in [-0.3, -0.25) is 4.79 Å². The first-order chi connectivity index (χ1) is 13.7. The minimum atomic E-state index is 0.0619. The third kappa shape index (κ3) is 3.07. The van der Waals surface area contributed by atoms with E-state index in [1.54, 1.807) is 4.68 Å². The number of rotatable bonds is 5. The van der Waals surface area contributed by atoms with Crippen LogP contribution in [0.3, 0.4) is 0 Å². The number of aryl methyl sites for hydroxylation is 1. The first-order valence-electron chi connectivity index (χ1n) is 9.56. The van der Waals surface area contributed by atoms with Gasteiger partial charge in [-0.05, 0) is 37.5 Å². The number of benzene rings is 2. The number of anilines is 1. The monoisotopic (exact) mass is 371 g/mol. The van der Waals surface area contributed by atoms with Crippen LogP contribution in [-0.4, -0.2) is 25.2 Å². The third-order valence-electron chi connectivity index (χ3n) is 5.04. The molecule has 6 heteroatoms. The lowest BCUT2D eigenvalue weighted by Crippen LogP contribution is -2.18. The van der Waals surface area contributed by atoms with Crippen molar-refractivity contribution in [3.63, 3.8) is 0 Å². The summed E-state index contributed by atoms with van der Waals surface area (Å²) >= 11 is 0. The van der Waals surface area contributed by atoms with Crippen LogP contribution in [0.2, 0.25) is 0 Å². The minimum Gasteiger partial charge on any atom is -0.310 e. The smallest absolute Gasteiger partial charge is 0.234 e. The van der Waals surface area contributed by atoms with Crippen molar-refractivity contribution < 1.29 is 4.79 Å². The molecule has 0 radical (unpaired) electrons. The van der Waals surface area contributed by atoms with Crippen LogP contribution >= 0.6 is 0 Å². The number of amides is 1. The number of fused-ring (bicyclic) bond motifs is 1. The summed E-state index contributed by atoms with van der Waals surface area (Å²) in [6, 6.07) is 20.2. The number of aromatic nitrogens is 4. The van der Waals surface area contributed by atoms with Gasteiger partial charge in [-0.2, -0.15) is 9.78 Å². The molecule has 1 N–H and O–H groups in total. The zero-order valence-corrected chi connectivity index (χ0v) is 15.7. The molecule has 1 saturated carbocycles. The first-order valence-corrected chi connectivity index (χ1v) is 9.56. The summed E-state index contributed by atoms with van der Waals surface area (Å²) in [7, 11) is 0. The second-order valence-corrected chi connectivity index (χ2v) is 7.32. The maximum Gasteiger partial charge on any atom is 0.234 e. The number of carbonyl (C=O) groups is 1. The highest BCUT2D eigenvalue weighted by Crippen LogP contribution is 2.31. The molecular formula is C22H21N5O. The van der Waals surface area contributed by atoms with Crippen LogP contribution in [0, 0.1) is 12.8 Å². The summed E-state index contributed by atoms with van der Waals surface area (Å²) in [5, 5.41) is 7.67. The van der Waals surface area contributed by atoms with Crippen LogP contribution in [-0.2, 0) is 11.3 Å². The number of hydrogen-bond donors (Lipinski definition) is 1. The molecule has 4 aromatic rings. The molecule has 2 aromatic carbocycles. The van der Waals surface area contributed by atoms with E-state index >= 15 is 0 Å². The first kappa shape index (κ1) is 16.7. The zero-order valence-electron chi connectivity index (χ0n) is 15.7. The van der Waals surface area contributed by atoms with E-state index in [2.05, 4.69) is 33.2 Å². The minimum absolute atomic E-state index is 0.0619. The van der Waals surface area contributed by atoms with Crippen molar-refractivity contribution in [3.8, 4) is 5.95 Å². The Kier molecular flexibility index (Phi) is 3.97. The van der Waals surface area contributed by atoms with Crippen LogP contribution in [0.25, 0.3) is 17.0 Å². The van der Waals surface area contributed by atoms with Gasteiger partial charge in [-0.25, -0.2) is 4.98 Å². The third-order valence-corrected chi connectivity index (χ3v) is 5.04. The predicted octanol–water partition coefficient (Wildman–Crippen LogP) is 3.93. The van der Waals surface area contributed by atoms with Gasteiger partial charge in [0, 0.05) is 12.0 Å². The van der Waals surface area contributed by atoms with E-state index in [0.717, 1.165) is 29.6 Å². The SMILES string of the molecule is Cc1cc(NC(=O)C2CC2)n(-c2nc3ccccc3n2Cc2ccccc2)n1. The Bertz CT molecular complexity index is 1150. The van der Waals surface area contributed by atoms with Crippen molar-refractivity contribution in [2.24, 2.45) is 5.92 Å². The molecule has 0 aliphatic heterocycles. The van der Waals surface area contributed by atoms with Gasteiger partial charge in [0.15, 0.2) is 0 Å². The van der Waals surface area contributed by atoms with Crippen molar-refractivity contribution in [1.82, 2.24) is 19.3 Å². The van der Waals surface area contributed by atoms with Crippen molar-refractivity contribution in [3.05, 3.63) is 71.9 Å². The Labute approximate surface area is 162 Å². The second kappa shape index (κ2) is 6.64. The van der Waals surface area contributed by atoms with E-state index in [1.165, 1.54) is 5.56 Å². The average molecular weight is 371 g/mol. The second-order valence-electron chi connectivity index (χ2n) is 7.32. The largest absolute Gasteiger partial charge is 0.310 e. The fourth-order valence-electron chi connectivity index (χ4n) is 3.46. The van der Waals surface area contributed by atoms with Crippen LogP contribution in [0.15, 0.2) is 60.7 Å². The molecule has 140 valence electrons. The van der Waals surface area contributed by atoms with E-state index in [9.17, 15) is 4.79 Å². The van der Waals surface area contributed by atoms with E-state index in [1.807, 2.05) is 49.4 Å². The molecule has 0 saturated heterocycles. The van der Waals surface area contributed by atoms with Crippen molar-refractivity contribution in [2.45, 2.75) is 26.3 Å². The molecule has 0 bridgehead atoms. The summed E-state index contributed by atoms with van der Waals surface area (Å²) in [5.74, 6) is 1.56. The molecule has 6 nitrogen and oxygen atoms in total. The van der Waals surface area contributed by atoms with Gasteiger partial charge in [0.2, 0.25) is 11.9 Å². The predicted molar refractivity (Wildman–Crippen MR) is 108 cm³/mol. The van der Waals surface area contributed by atoms with Gasteiger partial charge in [0.05, 0.1) is 23.3 Å². The van der Waals surface area contributed by atoms with Crippen LogP contribution < -0.4 is 5.32 Å². The molecule has 1 aliphatic rings. The fraction of sp³-hybridized carbons (Fsp3) is 0.227. The molecule has 2 aromatic heterocycles. The molecular weight excluding hydrogens is 350 g/mol. The molecule has 0 spiro atoms. The number of nitrogens with one attached hydrogen (secondary N) is 1.